The van der Waals surface area contributed by atoms with Crippen molar-refractivity contribution in [2.75, 3.05) is 16.8 Å². The lowest BCUT2D eigenvalue weighted by molar-refractivity contribution is -0.117. The summed E-state index contributed by atoms with van der Waals surface area (Å²) >= 11 is 1.17. The quantitative estimate of drug-likeness (QED) is 0.799. The zero-order valence-electron chi connectivity index (χ0n) is 7.77. The van der Waals surface area contributed by atoms with Gasteiger partial charge in [0.15, 0.2) is 5.13 Å². The van der Waals surface area contributed by atoms with Crippen LogP contribution in [0.3, 0.4) is 0 Å². The molecule has 0 aliphatic carbocycles. The molecule has 80 valence electrons. The second-order valence-corrected chi connectivity index (χ2v) is 3.95. The molecule has 15 heavy (non-hydrogen) atoms. The predicted octanol–water partition coefficient (Wildman–Crippen LogP) is 1.36. The first-order valence-corrected chi connectivity index (χ1v) is 5.30. The Morgan fingerprint density at radius 1 is 1.67 bits per heavy atom. The van der Waals surface area contributed by atoms with Gasteiger partial charge >= 0.3 is 6.09 Å². The standard InChI is InChI=1S/C8H9N3O3S/c12-6-2-1-3-11(6)5-4-15-7(9-5)10-8(13)14/h4H,1-3H2,(H,9,10)(H,13,14). The molecule has 2 rings (SSSR count). The van der Waals surface area contributed by atoms with E-state index in [4.69, 9.17) is 5.11 Å². The molecular formula is C8H9N3O3S. The highest BCUT2D eigenvalue weighted by Crippen LogP contribution is 2.25. The summed E-state index contributed by atoms with van der Waals surface area (Å²) in [5, 5.41) is 12.6. The lowest BCUT2D eigenvalue weighted by Gasteiger charge is -2.10. The van der Waals surface area contributed by atoms with Crippen molar-refractivity contribution in [2.45, 2.75) is 12.8 Å². The molecule has 2 heterocycles. The van der Waals surface area contributed by atoms with Crippen LogP contribution in [0, 0.1) is 0 Å². The molecule has 2 amide bonds. The van der Waals surface area contributed by atoms with Gasteiger partial charge in [-0.1, -0.05) is 0 Å². The van der Waals surface area contributed by atoms with Crippen molar-refractivity contribution in [3.8, 4) is 0 Å². The van der Waals surface area contributed by atoms with Crippen molar-refractivity contribution in [1.29, 1.82) is 0 Å². The summed E-state index contributed by atoms with van der Waals surface area (Å²) in [6, 6.07) is 0. The van der Waals surface area contributed by atoms with E-state index in [2.05, 4.69) is 10.3 Å². The van der Waals surface area contributed by atoms with E-state index >= 15 is 0 Å². The number of thiazole rings is 1. The summed E-state index contributed by atoms with van der Waals surface area (Å²) in [5.74, 6) is 0.577. The molecule has 2 N–H and O–H groups in total. The first-order valence-electron chi connectivity index (χ1n) is 4.42. The van der Waals surface area contributed by atoms with Crippen molar-refractivity contribution in [1.82, 2.24) is 4.98 Å². The number of hydrogen-bond acceptors (Lipinski definition) is 4. The molecule has 0 unspecified atom stereocenters. The number of aromatic nitrogens is 1. The van der Waals surface area contributed by atoms with Crippen LogP contribution >= 0.6 is 11.3 Å². The van der Waals surface area contributed by atoms with Crippen molar-refractivity contribution >= 4 is 34.3 Å². The number of amides is 2. The van der Waals surface area contributed by atoms with Gasteiger partial charge in [0.25, 0.3) is 0 Å². The number of carboxylic acid groups (broad SMARTS) is 1. The van der Waals surface area contributed by atoms with Crippen LogP contribution in [0.4, 0.5) is 15.7 Å². The van der Waals surface area contributed by atoms with Crippen LogP contribution in [0.1, 0.15) is 12.8 Å². The predicted molar refractivity (Wildman–Crippen MR) is 55.3 cm³/mol. The van der Waals surface area contributed by atoms with Gasteiger partial charge in [0.2, 0.25) is 5.91 Å². The van der Waals surface area contributed by atoms with Crippen molar-refractivity contribution < 1.29 is 14.7 Å². The molecule has 6 nitrogen and oxygen atoms in total. The largest absolute Gasteiger partial charge is 0.465 e. The Morgan fingerprint density at radius 3 is 3.07 bits per heavy atom. The zero-order valence-corrected chi connectivity index (χ0v) is 8.58. The Labute approximate surface area is 89.5 Å². The molecule has 1 aliphatic heterocycles. The molecule has 0 radical (unpaired) electrons. The summed E-state index contributed by atoms with van der Waals surface area (Å²) in [7, 11) is 0. The third-order valence-electron chi connectivity index (χ3n) is 2.06. The number of hydrogen-bond donors (Lipinski definition) is 2. The fourth-order valence-electron chi connectivity index (χ4n) is 1.43. The van der Waals surface area contributed by atoms with E-state index in [0.717, 1.165) is 6.42 Å². The lowest BCUT2D eigenvalue weighted by Crippen LogP contribution is -2.24. The molecule has 0 aromatic carbocycles. The molecular weight excluding hydrogens is 218 g/mol. The minimum absolute atomic E-state index is 0.0437. The van der Waals surface area contributed by atoms with Crippen LogP contribution in [-0.2, 0) is 4.79 Å². The summed E-state index contributed by atoms with van der Waals surface area (Å²) in [6.07, 6.45) is 0.223. The van der Waals surface area contributed by atoms with E-state index < -0.39 is 6.09 Å². The average Bonchev–Trinajstić information content (AvgIpc) is 2.72. The van der Waals surface area contributed by atoms with E-state index in [9.17, 15) is 9.59 Å². The Bertz CT molecular complexity index is 404. The number of carbonyl (C=O) groups excluding carboxylic acids is 1. The monoisotopic (exact) mass is 227 g/mol. The molecule has 1 aliphatic rings. The Morgan fingerprint density at radius 2 is 2.47 bits per heavy atom. The van der Waals surface area contributed by atoms with Crippen molar-refractivity contribution in [3.05, 3.63) is 5.38 Å². The normalized spacial score (nSPS) is 15.7. The maximum Gasteiger partial charge on any atom is 0.410 e. The van der Waals surface area contributed by atoms with Gasteiger partial charge in [0.05, 0.1) is 0 Å². The summed E-state index contributed by atoms with van der Waals surface area (Å²) in [6.45, 7) is 0.662. The molecule has 0 bridgehead atoms. The van der Waals surface area contributed by atoms with Crippen LogP contribution in [0.5, 0.6) is 0 Å². The Kier molecular flexibility index (Phi) is 2.55. The van der Waals surface area contributed by atoms with Gasteiger partial charge in [-0.2, -0.15) is 0 Å². The van der Waals surface area contributed by atoms with Gasteiger partial charge < -0.3 is 5.11 Å². The zero-order chi connectivity index (χ0) is 10.8. The number of nitrogens with zero attached hydrogens (tertiary/aromatic N) is 2. The third-order valence-corrected chi connectivity index (χ3v) is 2.80. The van der Waals surface area contributed by atoms with Crippen molar-refractivity contribution in [2.24, 2.45) is 0 Å². The number of anilines is 2. The molecule has 1 aromatic heterocycles. The topological polar surface area (TPSA) is 82.5 Å². The Hall–Kier alpha value is -1.63. The Balaban J connectivity index is 2.12. The molecule has 1 fully saturated rings. The SMILES string of the molecule is O=C(O)Nc1nc(N2CCCC2=O)cs1. The second-order valence-electron chi connectivity index (χ2n) is 3.09. The van der Waals surface area contributed by atoms with Crippen LogP contribution in [0.2, 0.25) is 0 Å². The number of nitrogens with one attached hydrogen (secondary N) is 1. The van der Waals surface area contributed by atoms with Crippen LogP contribution in [0.25, 0.3) is 0 Å². The van der Waals surface area contributed by atoms with Crippen LogP contribution < -0.4 is 10.2 Å². The summed E-state index contributed by atoms with van der Waals surface area (Å²) in [4.78, 5) is 27.3. The molecule has 0 spiro atoms. The van der Waals surface area contributed by atoms with E-state index in [1.807, 2.05) is 0 Å². The molecule has 0 saturated carbocycles. The number of carbonyl (C=O) groups is 2. The van der Waals surface area contributed by atoms with Gasteiger partial charge in [-0.3, -0.25) is 15.0 Å². The van der Waals surface area contributed by atoms with Gasteiger partial charge in [0.1, 0.15) is 5.82 Å². The summed E-state index contributed by atoms with van der Waals surface area (Å²) < 4.78 is 0. The fourth-order valence-corrected chi connectivity index (χ4v) is 2.12. The second kappa shape index (κ2) is 3.85. The molecule has 7 heteroatoms. The summed E-state index contributed by atoms with van der Waals surface area (Å²) in [5.41, 5.74) is 0. The average molecular weight is 227 g/mol. The first-order chi connectivity index (χ1) is 7.16. The van der Waals surface area contributed by atoms with Crippen LogP contribution in [0.15, 0.2) is 5.38 Å². The minimum Gasteiger partial charge on any atom is -0.465 e. The van der Waals surface area contributed by atoms with Gasteiger partial charge in [0, 0.05) is 18.3 Å². The maximum absolute atomic E-state index is 11.4. The highest BCUT2D eigenvalue weighted by atomic mass is 32.1. The first kappa shape index (κ1) is 9.91. The van der Waals surface area contributed by atoms with E-state index in [0.29, 0.717) is 18.8 Å². The fraction of sp³-hybridized carbons (Fsp3) is 0.375. The molecule has 1 aromatic rings. The van der Waals surface area contributed by atoms with E-state index in [1.54, 1.807) is 10.3 Å². The highest BCUT2D eigenvalue weighted by Gasteiger charge is 2.23. The van der Waals surface area contributed by atoms with Gasteiger partial charge in [-0.05, 0) is 6.42 Å². The van der Waals surface area contributed by atoms with E-state index in [-0.39, 0.29) is 11.0 Å². The lowest BCUT2D eigenvalue weighted by atomic mass is 10.4. The van der Waals surface area contributed by atoms with E-state index in [1.165, 1.54) is 11.3 Å². The molecule has 1 saturated heterocycles. The molecule has 0 atom stereocenters. The maximum atomic E-state index is 11.4. The van der Waals surface area contributed by atoms with Crippen LogP contribution in [-0.4, -0.2) is 28.6 Å². The third kappa shape index (κ3) is 2.07. The minimum atomic E-state index is -1.15. The highest BCUT2D eigenvalue weighted by molar-refractivity contribution is 7.14. The number of rotatable bonds is 2. The smallest absolute Gasteiger partial charge is 0.410 e. The van der Waals surface area contributed by atoms with Crippen molar-refractivity contribution in [3.63, 3.8) is 0 Å². The van der Waals surface area contributed by atoms with Gasteiger partial charge in [-0.15, -0.1) is 11.3 Å². The van der Waals surface area contributed by atoms with Gasteiger partial charge in [-0.25, -0.2) is 9.78 Å².